The number of hydrogen-bond donors (Lipinski definition) is 1. The molecule has 1 aliphatic heterocycles. The molecule has 0 fully saturated rings. The molecule has 2 amide bonds. The second kappa shape index (κ2) is 8.31. The third-order valence-corrected chi connectivity index (χ3v) is 6.15. The molecular weight excluding hydrogens is 398 g/mol. The zero-order valence-corrected chi connectivity index (χ0v) is 17.9. The van der Waals surface area contributed by atoms with E-state index in [1.165, 1.54) is 11.8 Å². The molecule has 1 N–H and O–H groups in total. The van der Waals surface area contributed by atoms with Crippen LogP contribution in [0.1, 0.15) is 19.4 Å². The number of carbonyl (C=O) groups excluding carboxylic acids is 2. The van der Waals surface area contributed by atoms with Gasteiger partial charge in [-0.15, -0.1) is 10.2 Å². The van der Waals surface area contributed by atoms with E-state index in [0.717, 1.165) is 17.0 Å². The first kappa shape index (κ1) is 20.2. The number of nitrogens with one attached hydrogen (secondary N) is 1. The predicted molar refractivity (Wildman–Crippen MR) is 119 cm³/mol. The van der Waals surface area contributed by atoms with Crippen LogP contribution in [-0.2, 0) is 16.1 Å². The van der Waals surface area contributed by atoms with E-state index >= 15 is 0 Å². The number of nitrogens with zero attached hydrogens (tertiary/aromatic N) is 4. The lowest BCUT2D eigenvalue weighted by molar-refractivity contribution is -0.121. The van der Waals surface area contributed by atoms with Crippen LogP contribution in [0.5, 0.6) is 0 Å². The zero-order chi connectivity index (χ0) is 21.3. The van der Waals surface area contributed by atoms with Crippen molar-refractivity contribution in [2.24, 2.45) is 0 Å². The van der Waals surface area contributed by atoms with Gasteiger partial charge < -0.3 is 9.88 Å². The minimum Gasteiger partial charge on any atom is -0.323 e. The summed E-state index contributed by atoms with van der Waals surface area (Å²) in [7, 11) is 0. The second-order valence-corrected chi connectivity index (χ2v) is 8.42. The Bertz CT molecular complexity index is 1110. The quantitative estimate of drug-likeness (QED) is 0.635. The molecule has 8 heteroatoms. The van der Waals surface area contributed by atoms with Gasteiger partial charge in [-0.05, 0) is 38.5 Å². The molecule has 0 unspecified atom stereocenters. The maximum atomic E-state index is 13.2. The summed E-state index contributed by atoms with van der Waals surface area (Å²) in [5.41, 5.74) is 3.51. The first-order chi connectivity index (χ1) is 14.5. The maximum absolute atomic E-state index is 13.2. The molecule has 1 atom stereocenters. The Morgan fingerprint density at radius 2 is 1.90 bits per heavy atom. The van der Waals surface area contributed by atoms with Crippen LogP contribution in [0, 0.1) is 6.92 Å². The monoisotopic (exact) mass is 421 g/mol. The van der Waals surface area contributed by atoms with Gasteiger partial charge in [0, 0.05) is 12.1 Å². The van der Waals surface area contributed by atoms with Crippen molar-refractivity contribution in [2.75, 3.05) is 16.8 Å². The number of hydrogen-bond acceptors (Lipinski definition) is 5. The van der Waals surface area contributed by atoms with Gasteiger partial charge in [-0.3, -0.25) is 14.5 Å². The van der Waals surface area contributed by atoms with Crippen molar-refractivity contribution in [3.63, 3.8) is 0 Å². The van der Waals surface area contributed by atoms with Crippen molar-refractivity contribution in [1.82, 2.24) is 14.8 Å². The van der Waals surface area contributed by atoms with Crippen molar-refractivity contribution in [1.29, 1.82) is 0 Å². The van der Waals surface area contributed by atoms with E-state index in [1.54, 1.807) is 11.0 Å². The molecule has 2 heterocycles. The summed E-state index contributed by atoms with van der Waals surface area (Å²) in [6, 6.07) is 15.4. The van der Waals surface area contributed by atoms with E-state index in [2.05, 4.69) is 15.5 Å². The number of para-hydroxylation sites is 2. The number of rotatable bonds is 5. The lowest BCUT2D eigenvalue weighted by Crippen LogP contribution is -2.45. The van der Waals surface area contributed by atoms with Gasteiger partial charge in [0.1, 0.15) is 6.54 Å². The molecule has 3 aromatic rings. The van der Waals surface area contributed by atoms with Crippen LogP contribution in [0.3, 0.4) is 0 Å². The molecule has 0 aliphatic carbocycles. The lowest BCUT2D eigenvalue weighted by atomic mass is 10.1. The molecule has 7 nitrogen and oxygen atoms in total. The van der Waals surface area contributed by atoms with Crippen molar-refractivity contribution in [3.05, 3.63) is 54.1 Å². The third kappa shape index (κ3) is 3.70. The largest absolute Gasteiger partial charge is 0.323 e. The van der Waals surface area contributed by atoms with Crippen molar-refractivity contribution < 1.29 is 9.59 Å². The SMILES string of the molecule is CCn1c(S[C@H](C)C(=O)N2CC(=O)Nc3ccccc32)nnc1-c1ccccc1C. The Hall–Kier alpha value is -3.13. The summed E-state index contributed by atoms with van der Waals surface area (Å²) in [6.45, 7) is 6.61. The summed E-state index contributed by atoms with van der Waals surface area (Å²) < 4.78 is 2.02. The molecule has 2 aromatic carbocycles. The van der Waals surface area contributed by atoms with Crippen molar-refractivity contribution in [3.8, 4) is 11.4 Å². The molecule has 30 heavy (non-hydrogen) atoms. The van der Waals surface area contributed by atoms with Crippen LogP contribution < -0.4 is 10.2 Å². The second-order valence-electron chi connectivity index (χ2n) is 7.12. The van der Waals surface area contributed by atoms with Gasteiger partial charge in [0.15, 0.2) is 11.0 Å². The van der Waals surface area contributed by atoms with Crippen LogP contribution in [0.2, 0.25) is 0 Å². The van der Waals surface area contributed by atoms with E-state index in [1.807, 2.05) is 67.8 Å². The third-order valence-electron chi connectivity index (χ3n) is 5.09. The topological polar surface area (TPSA) is 80.1 Å². The van der Waals surface area contributed by atoms with Gasteiger partial charge >= 0.3 is 0 Å². The molecule has 0 saturated heterocycles. The van der Waals surface area contributed by atoms with E-state index in [9.17, 15) is 9.59 Å². The predicted octanol–water partition coefficient (Wildman–Crippen LogP) is 3.74. The molecule has 0 bridgehead atoms. The van der Waals surface area contributed by atoms with Gasteiger partial charge in [0.25, 0.3) is 0 Å². The molecule has 0 radical (unpaired) electrons. The highest BCUT2D eigenvalue weighted by Crippen LogP contribution is 2.33. The average molecular weight is 422 g/mol. The lowest BCUT2D eigenvalue weighted by Gasteiger charge is -2.30. The summed E-state index contributed by atoms with van der Waals surface area (Å²) >= 11 is 1.36. The number of aryl methyl sites for hydroxylation is 1. The van der Waals surface area contributed by atoms with Crippen LogP contribution >= 0.6 is 11.8 Å². The van der Waals surface area contributed by atoms with Gasteiger partial charge in [0.2, 0.25) is 11.8 Å². The summed E-state index contributed by atoms with van der Waals surface area (Å²) in [4.78, 5) is 26.8. The van der Waals surface area contributed by atoms with E-state index < -0.39 is 5.25 Å². The number of aromatic nitrogens is 3. The number of carbonyl (C=O) groups is 2. The van der Waals surface area contributed by atoms with Crippen LogP contribution in [0.25, 0.3) is 11.4 Å². The Morgan fingerprint density at radius 1 is 1.17 bits per heavy atom. The average Bonchev–Trinajstić information content (AvgIpc) is 3.15. The Morgan fingerprint density at radius 3 is 2.67 bits per heavy atom. The number of anilines is 2. The molecule has 0 spiro atoms. The number of fused-ring (bicyclic) bond motifs is 1. The Kier molecular flexibility index (Phi) is 5.59. The summed E-state index contributed by atoms with van der Waals surface area (Å²) in [6.07, 6.45) is 0. The van der Waals surface area contributed by atoms with Crippen LogP contribution in [0.15, 0.2) is 53.7 Å². The number of thioether (sulfide) groups is 1. The zero-order valence-electron chi connectivity index (χ0n) is 17.1. The smallest absolute Gasteiger partial charge is 0.244 e. The van der Waals surface area contributed by atoms with Crippen molar-refractivity contribution >= 4 is 35.0 Å². The van der Waals surface area contributed by atoms with Gasteiger partial charge in [-0.2, -0.15) is 0 Å². The number of amides is 2. The molecule has 1 aromatic heterocycles. The van der Waals surface area contributed by atoms with Gasteiger partial charge in [0.05, 0.1) is 16.6 Å². The highest BCUT2D eigenvalue weighted by Gasteiger charge is 2.31. The van der Waals surface area contributed by atoms with Crippen LogP contribution in [0.4, 0.5) is 11.4 Å². The highest BCUT2D eigenvalue weighted by atomic mass is 32.2. The molecule has 154 valence electrons. The normalized spacial score (nSPS) is 14.2. The fraction of sp³-hybridized carbons (Fsp3) is 0.273. The molecule has 1 aliphatic rings. The minimum absolute atomic E-state index is 0.00960. The molecule has 0 saturated carbocycles. The van der Waals surface area contributed by atoms with E-state index in [0.29, 0.717) is 23.1 Å². The highest BCUT2D eigenvalue weighted by molar-refractivity contribution is 8.00. The Balaban J connectivity index is 1.59. The summed E-state index contributed by atoms with van der Waals surface area (Å²) in [5, 5.41) is 11.8. The Labute approximate surface area is 179 Å². The van der Waals surface area contributed by atoms with Crippen molar-refractivity contribution in [2.45, 2.75) is 37.7 Å². The first-order valence-corrected chi connectivity index (χ1v) is 10.7. The van der Waals surface area contributed by atoms with E-state index in [4.69, 9.17) is 0 Å². The van der Waals surface area contributed by atoms with E-state index in [-0.39, 0.29) is 18.4 Å². The van der Waals surface area contributed by atoms with Gasteiger partial charge in [-0.1, -0.05) is 48.2 Å². The molecule has 4 rings (SSSR count). The number of benzene rings is 2. The maximum Gasteiger partial charge on any atom is 0.244 e. The fourth-order valence-electron chi connectivity index (χ4n) is 3.54. The van der Waals surface area contributed by atoms with Gasteiger partial charge in [-0.25, -0.2) is 0 Å². The first-order valence-electron chi connectivity index (χ1n) is 9.85. The standard InChI is InChI=1S/C22H23N5O2S/c1-4-26-20(16-10-6-5-9-14(16)2)24-25-22(26)30-15(3)21(29)27-13-19(28)23-17-11-7-8-12-18(17)27/h5-12,15H,4,13H2,1-3H3,(H,23,28)/t15-/m1/s1. The minimum atomic E-state index is -0.428. The molecular formula is C22H23N5O2S. The summed E-state index contributed by atoms with van der Waals surface area (Å²) in [5.74, 6) is 0.462. The fourth-order valence-corrected chi connectivity index (χ4v) is 4.52. The van der Waals surface area contributed by atoms with Crippen LogP contribution in [-0.4, -0.2) is 38.4 Å².